The van der Waals surface area contributed by atoms with E-state index < -0.39 is 11.7 Å². The maximum Gasteiger partial charge on any atom is 0.278 e. The molecule has 1 N–H and O–H groups in total. The standard InChI is InChI=1S/C19H17FN2O3/c1-12-6-8-16(9-7-12)24-11-17-13(2)25-22-18(17)19(23)21-15-5-3-4-14(20)10-15/h3-10H,11H2,1-2H3,(H,21,23). The van der Waals surface area contributed by atoms with Crippen molar-refractivity contribution in [1.29, 1.82) is 0 Å². The quantitative estimate of drug-likeness (QED) is 0.754. The normalized spacial score (nSPS) is 10.5. The first-order valence-electron chi connectivity index (χ1n) is 7.74. The number of halogens is 1. The van der Waals surface area contributed by atoms with E-state index in [9.17, 15) is 9.18 Å². The summed E-state index contributed by atoms with van der Waals surface area (Å²) in [5, 5.41) is 6.40. The number of aryl methyl sites for hydroxylation is 2. The van der Waals surface area contributed by atoms with Crippen LogP contribution in [0.1, 0.15) is 27.4 Å². The highest BCUT2D eigenvalue weighted by Gasteiger charge is 2.20. The van der Waals surface area contributed by atoms with E-state index >= 15 is 0 Å². The molecule has 3 aromatic rings. The van der Waals surface area contributed by atoms with Crippen molar-refractivity contribution >= 4 is 11.6 Å². The van der Waals surface area contributed by atoms with E-state index in [1.807, 2.05) is 31.2 Å². The van der Waals surface area contributed by atoms with Crippen molar-refractivity contribution in [2.45, 2.75) is 20.5 Å². The van der Waals surface area contributed by atoms with Gasteiger partial charge in [-0.1, -0.05) is 28.9 Å². The topological polar surface area (TPSA) is 64.4 Å². The summed E-state index contributed by atoms with van der Waals surface area (Å²) in [5.41, 5.74) is 2.14. The molecule has 0 aliphatic rings. The summed E-state index contributed by atoms with van der Waals surface area (Å²) in [6.45, 7) is 3.84. The zero-order chi connectivity index (χ0) is 17.8. The Hall–Kier alpha value is -3.15. The molecule has 0 saturated heterocycles. The number of amides is 1. The van der Waals surface area contributed by atoms with Crippen LogP contribution in [0.2, 0.25) is 0 Å². The Morgan fingerprint density at radius 1 is 1.20 bits per heavy atom. The van der Waals surface area contributed by atoms with Gasteiger partial charge in [0.25, 0.3) is 5.91 Å². The number of aromatic nitrogens is 1. The van der Waals surface area contributed by atoms with E-state index in [0.717, 1.165) is 5.56 Å². The molecule has 25 heavy (non-hydrogen) atoms. The summed E-state index contributed by atoms with van der Waals surface area (Å²) < 4.78 is 24.1. The third kappa shape index (κ3) is 4.03. The van der Waals surface area contributed by atoms with Crippen molar-refractivity contribution in [2.24, 2.45) is 0 Å². The van der Waals surface area contributed by atoms with Crippen molar-refractivity contribution < 1.29 is 18.4 Å². The second-order valence-corrected chi connectivity index (χ2v) is 5.63. The number of carbonyl (C=O) groups excluding carboxylic acids is 1. The molecule has 6 heteroatoms. The van der Waals surface area contributed by atoms with Gasteiger partial charge in [-0.2, -0.15) is 0 Å². The highest BCUT2D eigenvalue weighted by atomic mass is 19.1. The minimum atomic E-state index is -0.482. The van der Waals surface area contributed by atoms with Gasteiger partial charge in [-0.15, -0.1) is 0 Å². The van der Waals surface area contributed by atoms with E-state index in [1.54, 1.807) is 13.0 Å². The Kier molecular flexibility index (Phi) is 4.79. The molecule has 0 saturated carbocycles. The third-order valence-corrected chi connectivity index (χ3v) is 3.69. The molecule has 0 aliphatic carbocycles. The average Bonchev–Trinajstić information content (AvgIpc) is 2.95. The number of ether oxygens (including phenoxy) is 1. The van der Waals surface area contributed by atoms with Crippen LogP contribution in [0.4, 0.5) is 10.1 Å². The van der Waals surface area contributed by atoms with E-state index in [1.165, 1.54) is 18.2 Å². The number of nitrogens with zero attached hydrogens (tertiary/aromatic N) is 1. The molecule has 128 valence electrons. The van der Waals surface area contributed by atoms with Crippen LogP contribution in [-0.4, -0.2) is 11.1 Å². The molecule has 1 aromatic heterocycles. The van der Waals surface area contributed by atoms with Gasteiger partial charge in [-0.25, -0.2) is 4.39 Å². The Morgan fingerprint density at radius 2 is 1.96 bits per heavy atom. The van der Waals surface area contributed by atoms with E-state index in [2.05, 4.69) is 10.5 Å². The number of nitrogens with one attached hydrogen (secondary N) is 1. The second-order valence-electron chi connectivity index (χ2n) is 5.63. The van der Waals surface area contributed by atoms with Crippen LogP contribution in [0.5, 0.6) is 5.75 Å². The maximum absolute atomic E-state index is 13.2. The van der Waals surface area contributed by atoms with Crippen molar-refractivity contribution in [3.05, 3.63) is 76.9 Å². The molecule has 0 fully saturated rings. The molecular formula is C19H17FN2O3. The molecule has 1 heterocycles. The lowest BCUT2D eigenvalue weighted by Crippen LogP contribution is -2.15. The Morgan fingerprint density at radius 3 is 2.68 bits per heavy atom. The molecule has 2 aromatic carbocycles. The smallest absolute Gasteiger partial charge is 0.278 e. The fraction of sp³-hybridized carbons (Fsp3) is 0.158. The van der Waals surface area contributed by atoms with Crippen molar-refractivity contribution in [1.82, 2.24) is 5.16 Å². The SMILES string of the molecule is Cc1ccc(OCc2c(C(=O)Nc3cccc(F)c3)noc2C)cc1. The molecular weight excluding hydrogens is 323 g/mol. The van der Waals surface area contributed by atoms with Crippen LogP contribution < -0.4 is 10.1 Å². The first-order valence-corrected chi connectivity index (χ1v) is 7.74. The summed E-state index contributed by atoms with van der Waals surface area (Å²) in [6.07, 6.45) is 0. The van der Waals surface area contributed by atoms with Gasteiger partial charge in [0.2, 0.25) is 0 Å². The predicted octanol–water partition coefficient (Wildman–Crippen LogP) is 4.26. The number of rotatable bonds is 5. The maximum atomic E-state index is 13.2. The Bertz CT molecular complexity index is 888. The summed E-state index contributed by atoms with van der Waals surface area (Å²) in [6, 6.07) is 13.2. The van der Waals surface area contributed by atoms with E-state index in [4.69, 9.17) is 9.26 Å². The zero-order valence-corrected chi connectivity index (χ0v) is 13.9. The van der Waals surface area contributed by atoms with Crippen LogP contribution >= 0.6 is 0 Å². The second kappa shape index (κ2) is 7.17. The van der Waals surface area contributed by atoms with Gasteiger partial charge < -0.3 is 14.6 Å². The molecule has 1 amide bonds. The number of hydrogen-bond donors (Lipinski definition) is 1. The van der Waals surface area contributed by atoms with Gasteiger partial charge in [0.1, 0.15) is 23.9 Å². The van der Waals surface area contributed by atoms with Crippen LogP contribution in [-0.2, 0) is 6.61 Å². The van der Waals surface area contributed by atoms with Crippen molar-refractivity contribution in [2.75, 3.05) is 5.32 Å². The van der Waals surface area contributed by atoms with Crippen LogP contribution in [0.15, 0.2) is 53.1 Å². The number of anilines is 1. The van der Waals surface area contributed by atoms with Gasteiger partial charge in [0.05, 0.1) is 5.56 Å². The Labute approximate surface area is 144 Å². The van der Waals surface area contributed by atoms with Crippen molar-refractivity contribution in [3.8, 4) is 5.75 Å². The lowest BCUT2D eigenvalue weighted by atomic mass is 10.2. The summed E-state index contributed by atoms with van der Waals surface area (Å²) in [5.74, 6) is 0.265. The molecule has 0 bridgehead atoms. The lowest BCUT2D eigenvalue weighted by molar-refractivity contribution is 0.101. The predicted molar refractivity (Wildman–Crippen MR) is 91.1 cm³/mol. The number of hydrogen-bond acceptors (Lipinski definition) is 4. The molecule has 0 atom stereocenters. The first-order chi connectivity index (χ1) is 12.0. The molecule has 5 nitrogen and oxygen atoms in total. The third-order valence-electron chi connectivity index (χ3n) is 3.69. The minimum Gasteiger partial charge on any atom is -0.489 e. The highest BCUT2D eigenvalue weighted by molar-refractivity contribution is 6.03. The average molecular weight is 340 g/mol. The lowest BCUT2D eigenvalue weighted by Gasteiger charge is -2.08. The monoisotopic (exact) mass is 340 g/mol. The summed E-state index contributed by atoms with van der Waals surface area (Å²) in [4.78, 5) is 12.4. The van der Waals surface area contributed by atoms with Crippen molar-refractivity contribution in [3.63, 3.8) is 0 Å². The molecule has 0 radical (unpaired) electrons. The van der Waals surface area contributed by atoms with E-state index in [0.29, 0.717) is 22.8 Å². The zero-order valence-electron chi connectivity index (χ0n) is 13.9. The first kappa shape index (κ1) is 16.7. The van der Waals surface area contributed by atoms with Gasteiger partial charge in [0, 0.05) is 5.69 Å². The molecule has 3 rings (SSSR count). The summed E-state index contributed by atoms with van der Waals surface area (Å²) >= 11 is 0. The fourth-order valence-corrected chi connectivity index (χ4v) is 2.29. The Balaban J connectivity index is 1.74. The van der Waals surface area contributed by atoms with Gasteiger partial charge in [-0.3, -0.25) is 4.79 Å². The molecule has 0 spiro atoms. The summed E-state index contributed by atoms with van der Waals surface area (Å²) in [7, 11) is 0. The number of carbonyl (C=O) groups is 1. The highest BCUT2D eigenvalue weighted by Crippen LogP contribution is 2.20. The van der Waals surface area contributed by atoms with Crippen LogP contribution in [0.3, 0.4) is 0 Å². The minimum absolute atomic E-state index is 0.119. The molecule has 0 aliphatic heterocycles. The van der Waals surface area contributed by atoms with Gasteiger partial charge >= 0.3 is 0 Å². The molecule has 0 unspecified atom stereocenters. The van der Waals surface area contributed by atoms with Crippen LogP contribution in [0.25, 0.3) is 0 Å². The van der Waals surface area contributed by atoms with Gasteiger partial charge in [0.15, 0.2) is 5.69 Å². The number of benzene rings is 2. The van der Waals surface area contributed by atoms with Crippen LogP contribution in [0, 0.1) is 19.7 Å². The van der Waals surface area contributed by atoms with Gasteiger partial charge in [-0.05, 0) is 44.2 Å². The van der Waals surface area contributed by atoms with E-state index in [-0.39, 0.29) is 12.3 Å². The fourth-order valence-electron chi connectivity index (χ4n) is 2.29. The largest absolute Gasteiger partial charge is 0.489 e.